The van der Waals surface area contributed by atoms with E-state index in [0.717, 1.165) is 23.0 Å². The Labute approximate surface area is 83.8 Å². The van der Waals surface area contributed by atoms with Crippen molar-refractivity contribution in [3.05, 3.63) is 29.5 Å². The number of aryl methyl sites for hydroxylation is 3. The molecule has 2 rings (SSSR count). The van der Waals surface area contributed by atoms with Crippen molar-refractivity contribution < 1.29 is 5.11 Å². The molecule has 0 bridgehead atoms. The molecule has 2 nitrogen and oxygen atoms in total. The number of hydrogen-bond donors (Lipinski definition) is 1. The van der Waals surface area contributed by atoms with Crippen LogP contribution in [0.4, 0.5) is 0 Å². The average molecular weight is 189 g/mol. The van der Waals surface area contributed by atoms with Gasteiger partial charge in [-0.05, 0) is 38.5 Å². The standard InChI is InChI=1S/C12H15NO/c1-4-13-9(3)7-10-11(13)6-5-8(2)12(10)14/h5-7,14H,4H2,1-3H3. The molecule has 0 radical (unpaired) electrons. The van der Waals surface area contributed by atoms with Crippen molar-refractivity contribution in [1.82, 2.24) is 4.57 Å². The van der Waals surface area contributed by atoms with Crippen molar-refractivity contribution in [2.24, 2.45) is 0 Å². The lowest BCUT2D eigenvalue weighted by Crippen LogP contribution is -1.95. The summed E-state index contributed by atoms with van der Waals surface area (Å²) in [7, 11) is 0. The van der Waals surface area contributed by atoms with Gasteiger partial charge in [-0.25, -0.2) is 0 Å². The van der Waals surface area contributed by atoms with Crippen LogP contribution in [0, 0.1) is 13.8 Å². The van der Waals surface area contributed by atoms with E-state index in [2.05, 4.69) is 24.5 Å². The maximum absolute atomic E-state index is 9.88. The van der Waals surface area contributed by atoms with Crippen LogP contribution in [0.5, 0.6) is 5.75 Å². The van der Waals surface area contributed by atoms with Crippen LogP contribution in [0.3, 0.4) is 0 Å². The molecule has 0 fully saturated rings. The molecule has 1 N–H and O–H groups in total. The predicted octanol–water partition coefficient (Wildman–Crippen LogP) is 2.98. The van der Waals surface area contributed by atoms with Gasteiger partial charge in [-0.3, -0.25) is 0 Å². The van der Waals surface area contributed by atoms with Crippen molar-refractivity contribution >= 4 is 10.9 Å². The molecule has 0 spiro atoms. The molecule has 14 heavy (non-hydrogen) atoms. The van der Waals surface area contributed by atoms with Gasteiger partial charge < -0.3 is 9.67 Å². The monoisotopic (exact) mass is 189 g/mol. The highest BCUT2D eigenvalue weighted by molar-refractivity contribution is 5.88. The number of nitrogens with zero attached hydrogens (tertiary/aromatic N) is 1. The normalized spacial score (nSPS) is 11.1. The van der Waals surface area contributed by atoms with E-state index in [1.54, 1.807) is 0 Å². The third kappa shape index (κ3) is 1.10. The molecule has 0 saturated carbocycles. The molecule has 1 aromatic carbocycles. The molecular weight excluding hydrogens is 174 g/mol. The van der Waals surface area contributed by atoms with Crippen molar-refractivity contribution in [3.63, 3.8) is 0 Å². The number of aromatic nitrogens is 1. The number of rotatable bonds is 1. The molecule has 0 atom stereocenters. The van der Waals surface area contributed by atoms with Gasteiger partial charge in [0.15, 0.2) is 0 Å². The summed E-state index contributed by atoms with van der Waals surface area (Å²) in [5.41, 5.74) is 3.25. The van der Waals surface area contributed by atoms with Crippen LogP contribution in [0.2, 0.25) is 0 Å². The minimum Gasteiger partial charge on any atom is -0.507 e. The lowest BCUT2D eigenvalue weighted by molar-refractivity contribution is 0.477. The van der Waals surface area contributed by atoms with Gasteiger partial charge >= 0.3 is 0 Å². The Bertz CT molecular complexity index is 483. The van der Waals surface area contributed by atoms with Gasteiger partial charge in [0, 0.05) is 17.6 Å². The topological polar surface area (TPSA) is 25.2 Å². The molecule has 2 aromatic rings. The summed E-state index contributed by atoms with van der Waals surface area (Å²) in [6.45, 7) is 7.05. The number of phenols is 1. The van der Waals surface area contributed by atoms with Gasteiger partial charge in [0.25, 0.3) is 0 Å². The minimum absolute atomic E-state index is 0.415. The third-order valence-corrected chi connectivity index (χ3v) is 2.78. The molecule has 0 aliphatic heterocycles. The lowest BCUT2D eigenvalue weighted by atomic mass is 10.1. The van der Waals surface area contributed by atoms with Crippen LogP contribution in [0.25, 0.3) is 10.9 Å². The molecule has 74 valence electrons. The van der Waals surface area contributed by atoms with Crippen molar-refractivity contribution in [2.45, 2.75) is 27.3 Å². The number of benzene rings is 1. The van der Waals surface area contributed by atoms with Crippen LogP contribution >= 0.6 is 0 Å². The fourth-order valence-electron chi connectivity index (χ4n) is 1.98. The van der Waals surface area contributed by atoms with E-state index in [-0.39, 0.29) is 0 Å². The van der Waals surface area contributed by atoms with Crippen molar-refractivity contribution in [2.75, 3.05) is 0 Å². The zero-order valence-electron chi connectivity index (χ0n) is 8.83. The Hall–Kier alpha value is -1.44. The molecule has 0 amide bonds. The second-order valence-corrected chi connectivity index (χ2v) is 3.69. The highest BCUT2D eigenvalue weighted by Gasteiger charge is 2.08. The molecule has 0 aliphatic carbocycles. The Kier molecular flexibility index (Phi) is 1.99. The second kappa shape index (κ2) is 3.05. The molecule has 0 saturated heterocycles. The second-order valence-electron chi connectivity index (χ2n) is 3.69. The Morgan fingerprint density at radius 1 is 1.29 bits per heavy atom. The number of fused-ring (bicyclic) bond motifs is 1. The number of hydrogen-bond acceptors (Lipinski definition) is 1. The summed E-state index contributed by atoms with van der Waals surface area (Å²) >= 11 is 0. The van der Waals surface area contributed by atoms with E-state index in [4.69, 9.17) is 0 Å². The van der Waals surface area contributed by atoms with Gasteiger partial charge in [-0.15, -0.1) is 0 Å². The maximum atomic E-state index is 9.88. The third-order valence-electron chi connectivity index (χ3n) is 2.78. The zero-order valence-corrected chi connectivity index (χ0v) is 8.83. The Balaban J connectivity index is 2.87. The average Bonchev–Trinajstić information content (AvgIpc) is 2.49. The van der Waals surface area contributed by atoms with E-state index >= 15 is 0 Å². The summed E-state index contributed by atoms with van der Waals surface area (Å²) in [6, 6.07) is 6.07. The van der Waals surface area contributed by atoms with Crippen molar-refractivity contribution in [3.8, 4) is 5.75 Å². The fraction of sp³-hybridized carbons (Fsp3) is 0.333. The summed E-state index contributed by atoms with van der Waals surface area (Å²) in [5, 5.41) is 10.8. The molecule has 1 aromatic heterocycles. The fourth-order valence-corrected chi connectivity index (χ4v) is 1.98. The van der Waals surface area contributed by atoms with E-state index in [9.17, 15) is 5.11 Å². The number of phenolic OH excluding ortho intramolecular Hbond substituents is 1. The smallest absolute Gasteiger partial charge is 0.127 e. The molecule has 2 heteroatoms. The Morgan fingerprint density at radius 2 is 2.00 bits per heavy atom. The van der Waals surface area contributed by atoms with E-state index in [1.807, 2.05) is 19.1 Å². The molecule has 1 heterocycles. The zero-order chi connectivity index (χ0) is 10.3. The summed E-state index contributed by atoms with van der Waals surface area (Å²) in [4.78, 5) is 0. The first-order valence-electron chi connectivity index (χ1n) is 4.93. The Morgan fingerprint density at radius 3 is 2.64 bits per heavy atom. The van der Waals surface area contributed by atoms with Gasteiger partial charge in [-0.2, -0.15) is 0 Å². The van der Waals surface area contributed by atoms with E-state index in [0.29, 0.717) is 5.75 Å². The van der Waals surface area contributed by atoms with Gasteiger partial charge in [-0.1, -0.05) is 6.07 Å². The van der Waals surface area contributed by atoms with Gasteiger partial charge in [0.1, 0.15) is 5.75 Å². The quantitative estimate of drug-likeness (QED) is 0.733. The van der Waals surface area contributed by atoms with Gasteiger partial charge in [0.05, 0.1) is 5.52 Å². The van der Waals surface area contributed by atoms with E-state index in [1.165, 1.54) is 5.69 Å². The predicted molar refractivity (Wildman–Crippen MR) is 58.8 cm³/mol. The molecule has 0 aliphatic rings. The van der Waals surface area contributed by atoms with E-state index < -0.39 is 0 Å². The van der Waals surface area contributed by atoms with Crippen LogP contribution in [-0.2, 0) is 6.54 Å². The summed E-state index contributed by atoms with van der Waals surface area (Å²) < 4.78 is 2.20. The van der Waals surface area contributed by atoms with Gasteiger partial charge in [0.2, 0.25) is 0 Å². The number of aromatic hydroxyl groups is 1. The summed E-state index contributed by atoms with van der Waals surface area (Å²) in [6.07, 6.45) is 0. The van der Waals surface area contributed by atoms with Crippen molar-refractivity contribution in [1.29, 1.82) is 0 Å². The largest absolute Gasteiger partial charge is 0.507 e. The lowest BCUT2D eigenvalue weighted by Gasteiger charge is -2.04. The maximum Gasteiger partial charge on any atom is 0.127 e. The first-order valence-corrected chi connectivity index (χ1v) is 4.93. The highest BCUT2D eigenvalue weighted by Crippen LogP contribution is 2.30. The van der Waals surface area contributed by atoms with Crippen LogP contribution < -0.4 is 0 Å². The molecular formula is C12H15NO. The summed E-state index contributed by atoms with van der Waals surface area (Å²) in [5.74, 6) is 0.415. The van der Waals surface area contributed by atoms with Crippen LogP contribution in [0.1, 0.15) is 18.2 Å². The molecule has 0 unspecified atom stereocenters. The van der Waals surface area contributed by atoms with Crippen LogP contribution in [0.15, 0.2) is 18.2 Å². The minimum atomic E-state index is 0.415. The SMILES string of the molecule is CCn1c(C)cc2c(O)c(C)ccc21. The van der Waals surface area contributed by atoms with Crippen LogP contribution in [-0.4, -0.2) is 9.67 Å². The highest BCUT2D eigenvalue weighted by atomic mass is 16.3. The first-order chi connectivity index (χ1) is 6.65. The first kappa shape index (κ1) is 9.13.